The summed E-state index contributed by atoms with van der Waals surface area (Å²) >= 11 is 1.46. The number of nitrogens with one attached hydrogen (secondary N) is 6. The first kappa shape index (κ1) is 52.5. The van der Waals surface area contributed by atoms with Crippen LogP contribution in [0.4, 0.5) is 17.1 Å². The summed E-state index contributed by atoms with van der Waals surface area (Å²) < 4.78 is 0. The number of hydrogen-bond donors (Lipinski definition) is 7. The number of hydrogen-bond acceptors (Lipinski definition) is 11. The molecule has 7 amide bonds. The molecule has 1 aliphatic carbocycles. The third kappa shape index (κ3) is 12.3. The molecule has 0 spiro atoms. The number of nitrogens with zero attached hydrogens (tertiary/aromatic N) is 3. The van der Waals surface area contributed by atoms with Gasteiger partial charge in [-0.05, 0) is 116 Å². The van der Waals surface area contributed by atoms with Crippen molar-refractivity contribution in [2.75, 3.05) is 30.8 Å². The van der Waals surface area contributed by atoms with Crippen molar-refractivity contribution >= 4 is 86.7 Å². The highest BCUT2D eigenvalue weighted by molar-refractivity contribution is 7.99. The van der Waals surface area contributed by atoms with Gasteiger partial charge in [-0.3, -0.25) is 48.6 Å². The van der Waals surface area contributed by atoms with Crippen molar-refractivity contribution in [2.45, 2.75) is 99.3 Å². The van der Waals surface area contributed by atoms with E-state index >= 15 is 0 Å². The first-order valence-electron chi connectivity index (χ1n) is 24.6. The molecule has 1 fully saturated rings. The number of rotatable bonds is 19. The van der Waals surface area contributed by atoms with Crippen LogP contribution < -0.4 is 32.3 Å². The van der Waals surface area contributed by atoms with Gasteiger partial charge < -0.3 is 42.2 Å². The first-order valence-corrected chi connectivity index (χ1v) is 25.4. The van der Waals surface area contributed by atoms with E-state index in [0.717, 1.165) is 38.3 Å². The third-order valence-electron chi connectivity index (χ3n) is 13.8. The number of nitro benzene ring substituents is 1. The van der Waals surface area contributed by atoms with E-state index in [4.69, 9.17) is 5.73 Å². The van der Waals surface area contributed by atoms with Crippen molar-refractivity contribution in [3.63, 3.8) is 0 Å². The average molecular weight is 1030 g/mol. The molecule has 8 rings (SSSR count). The van der Waals surface area contributed by atoms with Crippen molar-refractivity contribution in [1.82, 2.24) is 30.7 Å². The molecule has 5 aromatic rings. The smallest absolute Gasteiger partial charge is 0.269 e. The van der Waals surface area contributed by atoms with Gasteiger partial charge in [-0.1, -0.05) is 56.0 Å². The second-order valence-corrected chi connectivity index (χ2v) is 20.6. The number of amides is 7. The minimum atomic E-state index is -1.18. The Bertz CT molecular complexity index is 2990. The number of non-ortho nitro benzene ring substituents is 1. The lowest BCUT2D eigenvalue weighted by Crippen LogP contribution is -2.58. The average Bonchev–Trinajstić information content (AvgIpc) is 4.05. The Hall–Kier alpha value is -7.84. The van der Waals surface area contributed by atoms with Crippen LogP contribution in [0.2, 0.25) is 0 Å². The Kier molecular flexibility index (Phi) is 16.3. The highest BCUT2D eigenvalue weighted by Crippen LogP contribution is 2.41. The number of nitrogens with two attached hydrogens (primary N) is 1. The summed E-state index contributed by atoms with van der Waals surface area (Å²) in [5, 5.41) is 26.7. The normalized spacial score (nSPS) is 18.3. The van der Waals surface area contributed by atoms with E-state index in [1.165, 1.54) is 53.4 Å². The molecule has 3 aliphatic rings. The lowest BCUT2D eigenvalue weighted by atomic mass is 9.79. The number of anilines is 2. The van der Waals surface area contributed by atoms with Gasteiger partial charge in [-0.25, -0.2) is 0 Å². The minimum Gasteiger partial charge on any atom is -0.368 e. The molecule has 74 heavy (non-hydrogen) atoms. The van der Waals surface area contributed by atoms with Gasteiger partial charge in [-0.2, -0.15) is 0 Å². The van der Waals surface area contributed by atoms with Gasteiger partial charge in [-0.15, -0.1) is 0 Å². The molecule has 0 unspecified atom stereocenters. The van der Waals surface area contributed by atoms with Crippen LogP contribution in [-0.4, -0.2) is 111 Å². The van der Waals surface area contributed by atoms with E-state index in [-0.39, 0.29) is 55.3 Å². The van der Waals surface area contributed by atoms with Crippen molar-refractivity contribution < 1.29 is 38.5 Å². The van der Waals surface area contributed by atoms with E-state index in [9.17, 15) is 43.7 Å². The molecule has 4 aromatic carbocycles. The molecule has 0 bridgehead atoms. The Morgan fingerprint density at radius 1 is 0.851 bits per heavy atom. The van der Waals surface area contributed by atoms with Gasteiger partial charge in [0.15, 0.2) is 0 Å². The molecule has 6 atom stereocenters. The number of fused-ring (bicyclic) bond motifs is 2. The SMILES string of the molecule is CC(=O)N[C@@H](CCC(=O)Nc1ccc(Sc2ccc(NC(=O)[C@@H]3CCCN3C(=O)[C@H](Cc3ccc([N+](=O)[O-])cc3)NC(=O)[C@@H](NC(=O)[C@@H]3C=C4c5cccc6[nH]cc(c56)C[C@H]4N(C)C3)C(C)C)cc2)cc1)C(N)=O. The lowest BCUT2D eigenvalue weighted by Gasteiger charge is -2.39. The Morgan fingerprint density at radius 3 is 2.16 bits per heavy atom. The number of nitro groups is 1. The zero-order valence-electron chi connectivity index (χ0n) is 41.5. The maximum absolute atomic E-state index is 14.7. The fourth-order valence-electron chi connectivity index (χ4n) is 9.97. The fourth-order valence-corrected chi connectivity index (χ4v) is 10.8. The second kappa shape index (κ2) is 22.9. The largest absolute Gasteiger partial charge is 0.368 e. The van der Waals surface area contributed by atoms with Crippen LogP contribution in [0.15, 0.2) is 113 Å². The van der Waals surface area contributed by atoms with Gasteiger partial charge in [0, 0.05) is 89.3 Å². The van der Waals surface area contributed by atoms with Crippen molar-refractivity contribution in [2.24, 2.45) is 17.6 Å². The maximum Gasteiger partial charge on any atom is 0.269 e. The number of carbonyl (C=O) groups excluding carboxylic acids is 7. The Labute approximate surface area is 432 Å². The number of H-pyrrole nitrogens is 1. The minimum absolute atomic E-state index is 0.0279. The Morgan fingerprint density at radius 2 is 1.53 bits per heavy atom. The summed E-state index contributed by atoms with van der Waals surface area (Å²) in [5.41, 5.74) is 11.2. The predicted molar refractivity (Wildman–Crippen MR) is 280 cm³/mol. The van der Waals surface area contributed by atoms with Gasteiger partial charge in [0.1, 0.15) is 24.2 Å². The van der Waals surface area contributed by atoms with Crippen molar-refractivity contribution in [3.05, 3.63) is 130 Å². The fraction of sp³-hybridized carbons (Fsp3) is 0.352. The summed E-state index contributed by atoms with van der Waals surface area (Å²) in [6.45, 7) is 5.59. The predicted octanol–water partition coefficient (Wildman–Crippen LogP) is 5.30. The molecule has 0 saturated carbocycles. The van der Waals surface area contributed by atoms with Crippen LogP contribution in [0, 0.1) is 22.0 Å². The summed E-state index contributed by atoms with van der Waals surface area (Å²) in [4.78, 5) is 112. The number of aromatic nitrogens is 1. The van der Waals surface area contributed by atoms with E-state index in [0.29, 0.717) is 36.3 Å². The zero-order valence-corrected chi connectivity index (χ0v) is 42.3. The third-order valence-corrected chi connectivity index (χ3v) is 14.8. The van der Waals surface area contributed by atoms with Gasteiger partial charge >= 0.3 is 0 Å². The summed E-state index contributed by atoms with van der Waals surface area (Å²) in [5.74, 6) is -4.22. The summed E-state index contributed by atoms with van der Waals surface area (Å²) in [7, 11) is 2.00. The molecular weight excluding hydrogens is 965 g/mol. The number of primary amides is 1. The molecule has 19 nitrogen and oxygen atoms in total. The highest BCUT2D eigenvalue weighted by atomic mass is 32.2. The lowest BCUT2D eigenvalue weighted by molar-refractivity contribution is -0.384. The molecule has 8 N–H and O–H groups in total. The number of aromatic amines is 1. The van der Waals surface area contributed by atoms with Crippen LogP contribution in [0.3, 0.4) is 0 Å². The van der Waals surface area contributed by atoms with Crippen LogP contribution in [-0.2, 0) is 46.4 Å². The van der Waals surface area contributed by atoms with Crippen molar-refractivity contribution in [3.8, 4) is 0 Å². The maximum atomic E-state index is 14.7. The second-order valence-electron chi connectivity index (χ2n) is 19.4. The van der Waals surface area contributed by atoms with Crippen LogP contribution in [0.25, 0.3) is 16.5 Å². The molecule has 0 radical (unpaired) electrons. The number of likely N-dealkylation sites (tertiary alicyclic amines) is 1. The molecule has 386 valence electrons. The van der Waals surface area contributed by atoms with E-state index in [1.54, 1.807) is 24.3 Å². The summed E-state index contributed by atoms with van der Waals surface area (Å²) in [6.07, 6.45) is 5.79. The highest BCUT2D eigenvalue weighted by Gasteiger charge is 2.40. The van der Waals surface area contributed by atoms with Crippen molar-refractivity contribution in [1.29, 1.82) is 0 Å². The molecule has 1 saturated heterocycles. The molecule has 3 heterocycles. The monoisotopic (exact) mass is 1020 g/mol. The Balaban J connectivity index is 0.908. The molecular formula is C54H60N10O9S. The van der Waals surface area contributed by atoms with Gasteiger partial charge in [0.25, 0.3) is 5.69 Å². The van der Waals surface area contributed by atoms with Gasteiger partial charge in [0.2, 0.25) is 41.4 Å². The zero-order chi connectivity index (χ0) is 52.8. The first-order chi connectivity index (χ1) is 35.4. The molecule has 1 aromatic heterocycles. The standard InChI is InChI=1S/C54H60N10O9S/c1-30(2)49(61-51(68)34-26-41-40-7-5-8-42-48(40)33(28-56-42)27-46(41)62(4)29-34)53(70)60-44(25-32-10-16-37(17-11-32)64(72)73)54(71)63-24-6-9-45(63)52(69)59-36-14-20-39(21-15-36)74-38-18-12-35(13-19-38)58-47(66)23-22-43(50(55)67)57-31(3)65/h5,7-8,10-21,26,28,30,34,43-46,49,56H,6,9,22-25,27,29H2,1-4H3,(H2,55,67)(H,57,65)(H,58,66)(H,59,69)(H,60,70)(H,61,68)/t34-,43+,44+,45+,46-,49+/m1/s1. The van der Waals surface area contributed by atoms with Crippen LogP contribution in [0.5, 0.6) is 0 Å². The number of benzene rings is 4. The quantitative estimate of drug-likeness (QED) is 0.0412. The topological polar surface area (TPSA) is 271 Å². The van der Waals surface area contributed by atoms with E-state index < -0.39 is 64.5 Å². The number of likely N-dealkylation sites (N-methyl/N-ethyl adjacent to an activating group) is 1. The molecule has 2 aliphatic heterocycles. The molecule has 20 heteroatoms. The van der Waals surface area contributed by atoms with Crippen LogP contribution in [0.1, 0.15) is 63.1 Å². The van der Waals surface area contributed by atoms with E-state index in [1.807, 2.05) is 69.6 Å². The van der Waals surface area contributed by atoms with Gasteiger partial charge in [0.05, 0.1) is 10.8 Å². The van der Waals surface area contributed by atoms with Crippen LogP contribution >= 0.6 is 11.8 Å². The summed E-state index contributed by atoms with van der Waals surface area (Å²) in [6, 6.07) is 22.3. The van der Waals surface area contributed by atoms with E-state index in [2.05, 4.69) is 42.5 Å². The number of carbonyl (C=O) groups is 7.